The summed E-state index contributed by atoms with van der Waals surface area (Å²) in [6, 6.07) is 1.67. The smallest absolute Gasteiger partial charge is 0.410 e. The minimum Gasteiger partial charge on any atom is -0.444 e. The minimum atomic E-state index is -0.512. The van der Waals surface area contributed by atoms with Crippen molar-refractivity contribution in [1.82, 2.24) is 9.88 Å². The maximum Gasteiger partial charge on any atom is 0.410 e. The molecular formula is C13H17N3O3. The molecule has 19 heavy (non-hydrogen) atoms. The lowest BCUT2D eigenvalue weighted by Crippen LogP contribution is -2.40. The van der Waals surface area contributed by atoms with Crippen molar-refractivity contribution in [2.75, 3.05) is 6.54 Å². The van der Waals surface area contributed by atoms with Gasteiger partial charge in [0.1, 0.15) is 11.3 Å². The summed E-state index contributed by atoms with van der Waals surface area (Å²) in [5.74, 6) is 0. The molecule has 2 heterocycles. The fraction of sp³-hybridized carbons (Fsp3) is 0.538. The summed E-state index contributed by atoms with van der Waals surface area (Å²) in [4.78, 5) is 28.3. The second kappa shape index (κ2) is 4.95. The molecule has 0 saturated carbocycles. The van der Waals surface area contributed by atoms with E-state index in [1.807, 2.05) is 20.8 Å². The second-order valence-corrected chi connectivity index (χ2v) is 5.54. The molecule has 2 rings (SSSR count). The lowest BCUT2D eigenvalue weighted by molar-refractivity contribution is 0.0223. The molecule has 6 nitrogen and oxygen atoms in total. The predicted molar refractivity (Wildman–Crippen MR) is 70.0 cm³/mol. The highest BCUT2D eigenvalue weighted by Crippen LogP contribution is 2.23. The number of pyridine rings is 1. The second-order valence-electron chi connectivity index (χ2n) is 5.54. The van der Waals surface area contributed by atoms with E-state index in [4.69, 9.17) is 4.74 Å². The summed E-state index contributed by atoms with van der Waals surface area (Å²) < 4.78 is 5.33. The molecule has 1 amide bonds. The molecule has 0 aromatic carbocycles. The van der Waals surface area contributed by atoms with Crippen LogP contribution in [0.4, 0.5) is 10.5 Å². The Morgan fingerprint density at radius 2 is 2.21 bits per heavy atom. The van der Waals surface area contributed by atoms with Crippen LogP contribution in [0.25, 0.3) is 0 Å². The Kier molecular flexibility index (Phi) is 3.50. The molecule has 1 aliphatic rings. The van der Waals surface area contributed by atoms with Gasteiger partial charge in [-0.05, 0) is 37.6 Å². The first kappa shape index (κ1) is 13.5. The number of carbonyl (C=O) groups excluding carboxylic acids is 1. The van der Waals surface area contributed by atoms with Crippen molar-refractivity contribution in [2.24, 2.45) is 5.18 Å². The van der Waals surface area contributed by atoms with Gasteiger partial charge in [-0.2, -0.15) is 0 Å². The fourth-order valence-corrected chi connectivity index (χ4v) is 1.95. The topological polar surface area (TPSA) is 71.9 Å². The molecule has 1 aromatic heterocycles. The third kappa shape index (κ3) is 3.27. The molecule has 0 radical (unpaired) electrons. The summed E-state index contributed by atoms with van der Waals surface area (Å²) in [5, 5.41) is 2.86. The van der Waals surface area contributed by atoms with E-state index in [1.165, 1.54) is 6.20 Å². The number of nitroso groups, excluding NO2 is 1. The van der Waals surface area contributed by atoms with E-state index in [0.717, 1.165) is 11.3 Å². The van der Waals surface area contributed by atoms with E-state index >= 15 is 0 Å². The van der Waals surface area contributed by atoms with Crippen LogP contribution in [0.2, 0.25) is 0 Å². The third-order valence-corrected chi connectivity index (χ3v) is 2.78. The standard InChI is InChI=1S/C13H17N3O3/c1-13(2,3)19-12(17)16-5-4-11-9(8-16)6-10(15-18)7-14-11/h6-7H,4-5,8H2,1-3H3. The zero-order valence-electron chi connectivity index (χ0n) is 11.3. The van der Waals surface area contributed by atoms with Gasteiger partial charge in [-0.15, -0.1) is 4.91 Å². The van der Waals surface area contributed by atoms with Crippen LogP contribution in [0.5, 0.6) is 0 Å². The Balaban J connectivity index is 2.12. The first-order valence-corrected chi connectivity index (χ1v) is 6.18. The maximum atomic E-state index is 12.0. The number of amides is 1. The first-order chi connectivity index (χ1) is 8.89. The van der Waals surface area contributed by atoms with Crippen molar-refractivity contribution in [3.05, 3.63) is 28.4 Å². The number of hydrogen-bond acceptors (Lipinski definition) is 5. The van der Waals surface area contributed by atoms with Gasteiger partial charge >= 0.3 is 6.09 Å². The van der Waals surface area contributed by atoms with Gasteiger partial charge in [-0.3, -0.25) is 4.98 Å². The number of ether oxygens (including phenoxy) is 1. The SMILES string of the molecule is CC(C)(C)OC(=O)N1CCc2ncc(N=O)cc2C1. The zero-order chi connectivity index (χ0) is 14.0. The van der Waals surface area contributed by atoms with E-state index in [2.05, 4.69) is 10.2 Å². The Bertz CT molecular complexity index is 508. The lowest BCUT2D eigenvalue weighted by atomic mass is 10.1. The molecule has 0 fully saturated rings. The van der Waals surface area contributed by atoms with Gasteiger partial charge in [0.05, 0.1) is 12.7 Å². The molecule has 0 aliphatic carbocycles. The summed E-state index contributed by atoms with van der Waals surface area (Å²) in [5.41, 5.74) is 1.54. The van der Waals surface area contributed by atoms with Crippen molar-refractivity contribution in [2.45, 2.75) is 39.3 Å². The monoisotopic (exact) mass is 263 g/mol. The average molecular weight is 263 g/mol. The number of nitrogens with zero attached hydrogens (tertiary/aromatic N) is 3. The van der Waals surface area contributed by atoms with E-state index in [9.17, 15) is 9.70 Å². The van der Waals surface area contributed by atoms with Gasteiger partial charge in [0.2, 0.25) is 0 Å². The number of aromatic nitrogens is 1. The van der Waals surface area contributed by atoms with Gasteiger partial charge in [-0.25, -0.2) is 4.79 Å². The van der Waals surface area contributed by atoms with Crippen LogP contribution in [0.15, 0.2) is 17.4 Å². The summed E-state index contributed by atoms with van der Waals surface area (Å²) in [6.07, 6.45) is 1.77. The number of hydrogen-bond donors (Lipinski definition) is 0. The molecule has 0 saturated heterocycles. The fourth-order valence-electron chi connectivity index (χ4n) is 1.95. The Labute approximate surface area is 111 Å². The van der Waals surface area contributed by atoms with E-state index in [1.54, 1.807) is 11.0 Å². The van der Waals surface area contributed by atoms with Gasteiger partial charge in [0.15, 0.2) is 0 Å². The van der Waals surface area contributed by atoms with Gasteiger partial charge in [0, 0.05) is 18.7 Å². The van der Waals surface area contributed by atoms with Crippen LogP contribution in [0, 0.1) is 4.91 Å². The van der Waals surface area contributed by atoms with Crippen molar-refractivity contribution in [3.63, 3.8) is 0 Å². The summed E-state index contributed by atoms with van der Waals surface area (Å²) in [6.45, 7) is 6.47. The van der Waals surface area contributed by atoms with Crippen molar-refractivity contribution in [3.8, 4) is 0 Å². The Morgan fingerprint density at radius 3 is 2.84 bits per heavy atom. The van der Waals surface area contributed by atoms with Crippen LogP contribution in [0.1, 0.15) is 32.0 Å². The molecule has 6 heteroatoms. The Morgan fingerprint density at radius 1 is 1.47 bits per heavy atom. The van der Waals surface area contributed by atoms with E-state index in [-0.39, 0.29) is 11.8 Å². The largest absolute Gasteiger partial charge is 0.444 e. The molecule has 102 valence electrons. The molecule has 0 N–H and O–H groups in total. The number of carbonyl (C=O) groups is 1. The van der Waals surface area contributed by atoms with Crippen LogP contribution in [-0.2, 0) is 17.7 Å². The van der Waals surface area contributed by atoms with Gasteiger partial charge in [-0.1, -0.05) is 0 Å². The van der Waals surface area contributed by atoms with Crippen LogP contribution < -0.4 is 0 Å². The molecular weight excluding hydrogens is 246 g/mol. The molecule has 1 aliphatic heterocycles. The molecule has 1 aromatic rings. The van der Waals surface area contributed by atoms with Crippen LogP contribution in [-0.4, -0.2) is 28.1 Å². The third-order valence-electron chi connectivity index (χ3n) is 2.78. The van der Waals surface area contributed by atoms with Gasteiger partial charge < -0.3 is 9.64 Å². The minimum absolute atomic E-state index is 0.282. The number of fused-ring (bicyclic) bond motifs is 1. The van der Waals surface area contributed by atoms with Crippen molar-refractivity contribution in [1.29, 1.82) is 0 Å². The highest BCUT2D eigenvalue weighted by molar-refractivity contribution is 5.68. The molecule has 0 unspecified atom stereocenters. The molecule has 0 atom stereocenters. The summed E-state index contributed by atoms with van der Waals surface area (Å²) in [7, 11) is 0. The van der Waals surface area contributed by atoms with Crippen molar-refractivity contribution >= 4 is 11.8 Å². The Hall–Kier alpha value is -1.98. The lowest BCUT2D eigenvalue weighted by Gasteiger charge is -2.30. The average Bonchev–Trinajstić information content (AvgIpc) is 2.35. The predicted octanol–water partition coefficient (Wildman–Crippen LogP) is 2.77. The normalized spacial score (nSPS) is 14.8. The zero-order valence-corrected chi connectivity index (χ0v) is 11.3. The van der Waals surface area contributed by atoms with Gasteiger partial charge in [0.25, 0.3) is 0 Å². The summed E-state index contributed by atoms with van der Waals surface area (Å²) >= 11 is 0. The quantitative estimate of drug-likeness (QED) is 0.730. The van der Waals surface area contributed by atoms with Crippen LogP contribution >= 0.6 is 0 Å². The molecule has 0 spiro atoms. The first-order valence-electron chi connectivity index (χ1n) is 6.18. The van der Waals surface area contributed by atoms with E-state index < -0.39 is 5.60 Å². The number of rotatable bonds is 1. The molecule has 0 bridgehead atoms. The maximum absolute atomic E-state index is 12.0. The highest BCUT2D eigenvalue weighted by atomic mass is 16.6. The highest BCUT2D eigenvalue weighted by Gasteiger charge is 2.26. The van der Waals surface area contributed by atoms with E-state index in [0.29, 0.717) is 19.5 Å². The van der Waals surface area contributed by atoms with Crippen LogP contribution in [0.3, 0.4) is 0 Å². The van der Waals surface area contributed by atoms with Crippen molar-refractivity contribution < 1.29 is 9.53 Å².